The molecule has 1 aliphatic heterocycles. The van der Waals surface area contributed by atoms with E-state index in [1.807, 2.05) is 24.3 Å². The highest BCUT2D eigenvalue weighted by atomic mass is 32.1. The summed E-state index contributed by atoms with van der Waals surface area (Å²) in [7, 11) is 1.60. The molecule has 2 amide bonds. The van der Waals surface area contributed by atoms with Gasteiger partial charge in [-0.2, -0.15) is 4.98 Å². The third-order valence-corrected chi connectivity index (χ3v) is 7.41. The highest BCUT2D eigenvalue weighted by Crippen LogP contribution is 2.30. The molecular formula is C24H28N6O4S. The number of aromatic nitrogens is 3. The molecule has 5 rings (SSSR count). The Hall–Kier alpha value is -3.47. The number of ether oxygens (including phenoxy) is 1. The second kappa shape index (κ2) is 10.0. The lowest BCUT2D eigenvalue weighted by Gasteiger charge is -2.31. The zero-order valence-corrected chi connectivity index (χ0v) is 20.3. The van der Waals surface area contributed by atoms with E-state index in [1.165, 1.54) is 22.2 Å². The SMILES string of the molecule is COc1ccc(CNC(=O)Cn2cnc3nc(N4CCCC(C(=O)NC5CC5)C4)sc3c2=O)cc1. The van der Waals surface area contributed by atoms with Crippen LogP contribution in [0.3, 0.4) is 0 Å². The standard InChI is InChI=1S/C24H28N6O4S/c1-34-18-8-4-15(5-9-18)11-25-19(31)13-30-14-26-21-20(23(30)33)35-24(28-21)29-10-2-3-16(12-29)22(32)27-17-6-7-17/h4-5,8-9,14,16-17H,2-3,6-7,10-13H2,1H3,(H,25,31)(H,27,32). The van der Waals surface area contributed by atoms with E-state index in [2.05, 4.69) is 25.5 Å². The minimum absolute atomic E-state index is 0.0737. The van der Waals surface area contributed by atoms with Gasteiger partial charge in [-0.1, -0.05) is 23.5 Å². The first-order valence-electron chi connectivity index (χ1n) is 11.8. The lowest BCUT2D eigenvalue weighted by atomic mass is 9.97. The molecule has 0 bridgehead atoms. The summed E-state index contributed by atoms with van der Waals surface area (Å²) in [6, 6.07) is 7.75. The zero-order chi connectivity index (χ0) is 24.4. The third-order valence-electron chi connectivity index (χ3n) is 6.32. The Bertz CT molecular complexity index is 1280. The Morgan fingerprint density at radius 1 is 1.20 bits per heavy atom. The van der Waals surface area contributed by atoms with Gasteiger partial charge in [0.1, 0.15) is 23.3 Å². The summed E-state index contributed by atoms with van der Waals surface area (Å²) in [4.78, 5) is 48.9. The molecule has 11 heteroatoms. The lowest BCUT2D eigenvalue weighted by Crippen LogP contribution is -2.43. The topological polar surface area (TPSA) is 118 Å². The number of piperidine rings is 1. The Morgan fingerprint density at radius 2 is 2.00 bits per heavy atom. The molecule has 2 N–H and O–H groups in total. The number of carbonyl (C=O) groups is 2. The number of hydrogen-bond donors (Lipinski definition) is 2. The molecule has 0 spiro atoms. The molecular weight excluding hydrogens is 468 g/mol. The van der Waals surface area contributed by atoms with Crippen LogP contribution in [0.2, 0.25) is 0 Å². The van der Waals surface area contributed by atoms with Gasteiger partial charge in [0.05, 0.1) is 13.0 Å². The number of methoxy groups -OCH3 is 1. The van der Waals surface area contributed by atoms with Gasteiger partial charge >= 0.3 is 0 Å². The number of anilines is 1. The first-order valence-corrected chi connectivity index (χ1v) is 12.6. The minimum Gasteiger partial charge on any atom is -0.497 e. The maximum Gasteiger partial charge on any atom is 0.273 e. The molecule has 1 aliphatic carbocycles. The van der Waals surface area contributed by atoms with Crippen molar-refractivity contribution >= 4 is 38.6 Å². The van der Waals surface area contributed by atoms with Gasteiger partial charge in [0, 0.05) is 25.7 Å². The van der Waals surface area contributed by atoms with Crippen LogP contribution in [0.5, 0.6) is 5.75 Å². The van der Waals surface area contributed by atoms with Crippen molar-refractivity contribution in [2.45, 2.75) is 44.8 Å². The van der Waals surface area contributed by atoms with Crippen LogP contribution in [0.25, 0.3) is 10.3 Å². The fourth-order valence-corrected chi connectivity index (χ4v) is 5.15. The van der Waals surface area contributed by atoms with Gasteiger partial charge in [-0.05, 0) is 43.4 Å². The number of amides is 2. The van der Waals surface area contributed by atoms with E-state index in [0.717, 1.165) is 43.5 Å². The van der Waals surface area contributed by atoms with Crippen molar-refractivity contribution in [1.29, 1.82) is 0 Å². The van der Waals surface area contributed by atoms with Crippen LogP contribution in [-0.2, 0) is 22.7 Å². The lowest BCUT2D eigenvalue weighted by molar-refractivity contribution is -0.125. The summed E-state index contributed by atoms with van der Waals surface area (Å²) in [5, 5.41) is 6.61. The molecule has 35 heavy (non-hydrogen) atoms. The molecule has 2 fully saturated rings. The average molecular weight is 497 g/mol. The van der Waals surface area contributed by atoms with Crippen molar-refractivity contribution in [1.82, 2.24) is 25.2 Å². The second-order valence-electron chi connectivity index (χ2n) is 9.02. The van der Waals surface area contributed by atoms with Crippen LogP contribution in [-0.4, -0.2) is 52.6 Å². The average Bonchev–Trinajstić information content (AvgIpc) is 3.59. The number of carbonyl (C=O) groups excluding carboxylic acids is 2. The van der Waals surface area contributed by atoms with Crippen LogP contribution in [0, 0.1) is 5.92 Å². The Balaban J connectivity index is 1.23. The van der Waals surface area contributed by atoms with Crippen LogP contribution >= 0.6 is 11.3 Å². The van der Waals surface area contributed by atoms with Gasteiger partial charge in [-0.15, -0.1) is 0 Å². The molecule has 2 aromatic heterocycles. The van der Waals surface area contributed by atoms with Gasteiger partial charge in [0.25, 0.3) is 5.56 Å². The predicted octanol–water partition coefficient (Wildman–Crippen LogP) is 1.67. The van der Waals surface area contributed by atoms with E-state index < -0.39 is 0 Å². The molecule has 1 aromatic carbocycles. The van der Waals surface area contributed by atoms with Crippen molar-refractivity contribution in [2.75, 3.05) is 25.1 Å². The Morgan fingerprint density at radius 3 is 2.74 bits per heavy atom. The van der Waals surface area contributed by atoms with Crippen molar-refractivity contribution in [3.63, 3.8) is 0 Å². The van der Waals surface area contributed by atoms with E-state index in [9.17, 15) is 14.4 Å². The summed E-state index contributed by atoms with van der Waals surface area (Å²) in [6.07, 6.45) is 5.25. The van der Waals surface area contributed by atoms with Crippen LogP contribution < -0.4 is 25.8 Å². The van der Waals surface area contributed by atoms with Crippen molar-refractivity contribution in [3.8, 4) is 5.75 Å². The van der Waals surface area contributed by atoms with Gasteiger partial charge in [-0.3, -0.25) is 19.0 Å². The number of nitrogens with one attached hydrogen (secondary N) is 2. The minimum atomic E-state index is -0.293. The molecule has 0 radical (unpaired) electrons. The van der Waals surface area contributed by atoms with E-state index in [-0.39, 0.29) is 29.8 Å². The van der Waals surface area contributed by atoms with Crippen LogP contribution in [0.15, 0.2) is 35.4 Å². The number of benzene rings is 1. The van der Waals surface area contributed by atoms with E-state index in [1.54, 1.807) is 7.11 Å². The van der Waals surface area contributed by atoms with Gasteiger partial charge in [-0.25, -0.2) is 4.98 Å². The number of hydrogen-bond acceptors (Lipinski definition) is 8. The highest BCUT2D eigenvalue weighted by Gasteiger charge is 2.31. The number of nitrogens with zero attached hydrogens (tertiary/aromatic N) is 4. The van der Waals surface area contributed by atoms with Gasteiger partial charge < -0.3 is 20.3 Å². The quantitative estimate of drug-likeness (QED) is 0.487. The summed E-state index contributed by atoms with van der Waals surface area (Å²) in [5.74, 6) is 0.501. The number of thiazole rings is 1. The molecule has 1 unspecified atom stereocenters. The molecule has 2 aliphatic rings. The third kappa shape index (κ3) is 5.45. The summed E-state index contributed by atoms with van der Waals surface area (Å²) in [6.45, 7) is 1.59. The first-order chi connectivity index (χ1) is 17.0. The van der Waals surface area contributed by atoms with Crippen molar-refractivity contribution in [2.24, 2.45) is 5.92 Å². The maximum absolute atomic E-state index is 13.0. The normalized spacial score (nSPS) is 17.9. The van der Waals surface area contributed by atoms with Crippen molar-refractivity contribution in [3.05, 3.63) is 46.5 Å². The fraction of sp³-hybridized carbons (Fsp3) is 0.458. The van der Waals surface area contributed by atoms with E-state index >= 15 is 0 Å². The second-order valence-corrected chi connectivity index (χ2v) is 10.00. The van der Waals surface area contributed by atoms with Crippen LogP contribution in [0.4, 0.5) is 5.13 Å². The molecule has 3 heterocycles. The smallest absolute Gasteiger partial charge is 0.273 e. The summed E-state index contributed by atoms with van der Waals surface area (Å²) < 4.78 is 6.85. The molecule has 1 saturated carbocycles. The van der Waals surface area contributed by atoms with Gasteiger partial charge in [0.15, 0.2) is 10.8 Å². The van der Waals surface area contributed by atoms with E-state index in [4.69, 9.17) is 4.74 Å². The number of fused-ring (bicyclic) bond motifs is 1. The zero-order valence-electron chi connectivity index (χ0n) is 19.5. The molecule has 1 atom stereocenters. The Labute approximate surface area is 206 Å². The molecule has 10 nitrogen and oxygen atoms in total. The van der Waals surface area contributed by atoms with Crippen LogP contribution in [0.1, 0.15) is 31.2 Å². The molecule has 1 saturated heterocycles. The maximum atomic E-state index is 13.0. The monoisotopic (exact) mass is 496 g/mol. The number of rotatable bonds is 8. The summed E-state index contributed by atoms with van der Waals surface area (Å²) in [5.41, 5.74) is 1.01. The van der Waals surface area contributed by atoms with E-state index in [0.29, 0.717) is 34.6 Å². The first kappa shape index (κ1) is 23.3. The van der Waals surface area contributed by atoms with Gasteiger partial charge in [0.2, 0.25) is 11.8 Å². The molecule has 3 aromatic rings. The fourth-order valence-electron chi connectivity index (χ4n) is 4.15. The largest absolute Gasteiger partial charge is 0.497 e. The predicted molar refractivity (Wildman–Crippen MR) is 133 cm³/mol. The highest BCUT2D eigenvalue weighted by molar-refractivity contribution is 7.22. The Kier molecular flexibility index (Phi) is 6.67. The summed E-state index contributed by atoms with van der Waals surface area (Å²) >= 11 is 1.27. The molecule has 184 valence electrons. The van der Waals surface area contributed by atoms with Crippen molar-refractivity contribution < 1.29 is 14.3 Å².